The van der Waals surface area contributed by atoms with Crippen LogP contribution >= 0.6 is 0 Å². The Morgan fingerprint density at radius 2 is 2.18 bits per heavy atom. The molecule has 6 heteroatoms. The van der Waals surface area contributed by atoms with E-state index in [1.807, 2.05) is 0 Å². The molecule has 17 heavy (non-hydrogen) atoms. The van der Waals surface area contributed by atoms with Gasteiger partial charge in [-0.1, -0.05) is 0 Å². The first-order valence-electron chi connectivity index (χ1n) is 5.92. The van der Waals surface area contributed by atoms with Crippen molar-refractivity contribution in [2.45, 2.75) is 37.8 Å². The van der Waals surface area contributed by atoms with E-state index in [2.05, 4.69) is 0 Å². The number of ether oxygens (including phenoxy) is 1. The average molecular weight is 243 g/mol. The van der Waals surface area contributed by atoms with E-state index < -0.39 is 18.0 Å². The van der Waals surface area contributed by atoms with Crippen LogP contribution in [0.3, 0.4) is 0 Å². The molecule has 1 rings (SSSR count). The molecule has 2 amide bonds. The van der Waals surface area contributed by atoms with Gasteiger partial charge in [-0.2, -0.15) is 0 Å². The van der Waals surface area contributed by atoms with Crippen molar-refractivity contribution in [3.8, 4) is 0 Å². The van der Waals surface area contributed by atoms with Gasteiger partial charge in [0.1, 0.15) is 6.04 Å². The van der Waals surface area contributed by atoms with Crippen LogP contribution in [-0.4, -0.2) is 49.1 Å². The monoisotopic (exact) mass is 243 g/mol. The van der Waals surface area contributed by atoms with Crippen LogP contribution < -0.4 is 11.5 Å². The van der Waals surface area contributed by atoms with E-state index in [9.17, 15) is 9.59 Å². The molecule has 4 N–H and O–H groups in total. The predicted octanol–water partition coefficient (Wildman–Crippen LogP) is -0.783. The molecule has 0 aromatic carbocycles. The Hall–Kier alpha value is -1.14. The molecule has 98 valence electrons. The summed E-state index contributed by atoms with van der Waals surface area (Å²) in [6.45, 7) is 0.995. The Balaban J connectivity index is 2.61. The van der Waals surface area contributed by atoms with Gasteiger partial charge in [0.25, 0.3) is 0 Å². The minimum absolute atomic E-state index is 0.203. The van der Waals surface area contributed by atoms with Crippen LogP contribution in [0.1, 0.15) is 25.7 Å². The van der Waals surface area contributed by atoms with E-state index in [1.54, 1.807) is 7.11 Å². The third kappa shape index (κ3) is 3.67. The lowest BCUT2D eigenvalue weighted by atomic mass is 10.00. The number of nitrogens with zero attached hydrogens (tertiary/aromatic N) is 1. The maximum absolute atomic E-state index is 12.1. The van der Waals surface area contributed by atoms with E-state index in [0.29, 0.717) is 26.0 Å². The summed E-state index contributed by atoms with van der Waals surface area (Å²) in [5, 5.41) is 0. The van der Waals surface area contributed by atoms with E-state index >= 15 is 0 Å². The van der Waals surface area contributed by atoms with Gasteiger partial charge in [-0.15, -0.1) is 0 Å². The number of hydrogen-bond acceptors (Lipinski definition) is 4. The summed E-state index contributed by atoms with van der Waals surface area (Å²) in [6, 6.07) is -1.11. The van der Waals surface area contributed by atoms with Crippen molar-refractivity contribution < 1.29 is 14.3 Å². The van der Waals surface area contributed by atoms with E-state index in [-0.39, 0.29) is 5.91 Å². The smallest absolute Gasteiger partial charge is 0.240 e. The molecule has 1 aliphatic rings. The Kier molecular flexibility index (Phi) is 5.37. The number of rotatable bonds is 5. The standard InChI is InChI=1S/C11H21N3O3/c1-17-7-5-8(12)11(16)14-6-3-2-4-9(14)10(13)15/h8-9H,2-7,12H2,1H3,(H2,13,15). The highest BCUT2D eigenvalue weighted by atomic mass is 16.5. The summed E-state index contributed by atoms with van der Waals surface area (Å²) in [5.41, 5.74) is 11.1. The zero-order chi connectivity index (χ0) is 12.8. The molecule has 0 aromatic heterocycles. The average Bonchev–Trinajstić information content (AvgIpc) is 2.34. The molecule has 1 heterocycles. The topological polar surface area (TPSA) is 98.7 Å². The lowest BCUT2D eigenvalue weighted by molar-refractivity contribution is -0.142. The molecule has 2 unspecified atom stereocenters. The molecule has 6 nitrogen and oxygen atoms in total. The third-order valence-corrected chi connectivity index (χ3v) is 3.06. The zero-order valence-electron chi connectivity index (χ0n) is 10.2. The predicted molar refractivity (Wildman–Crippen MR) is 63.0 cm³/mol. The van der Waals surface area contributed by atoms with Crippen molar-refractivity contribution in [1.29, 1.82) is 0 Å². The minimum atomic E-state index is -0.616. The first-order chi connectivity index (χ1) is 8.07. The number of likely N-dealkylation sites (tertiary alicyclic amines) is 1. The number of amides is 2. The van der Waals surface area contributed by atoms with Crippen LogP contribution in [0.15, 0.2) is 0 Å². The lowest BCUT2D eigenvalue weighted by Gasteiger charge is -2.35. The quantitative estimate of drug-likeness (QED) is 0.661. The highest BCUT2D eigenvalue weighted by Gasteiger charge is 2.32. The summed E-state index contributed by atoms with van der Waals surface area (Å²) in [7, 11) is 1.56. The minimum Gasteiger partial charge on any atom is -0.385 e. The van der Waals surface area contributed by atoms with E-state index in [4.69, 9.17) is 16.2 Å². The Bertz CT molecular complexity index is 283. The molecular formula is C11H21N3O3. The molecule has 0 saturated carbocycles. The van der Waals surface area contributed by atoms with E-state index in [1.165, 1.54) is 4.90 Å². The van der Waals surface area contributed by atoms with Crippen molar-refractivity contribution in [1.82, 2.24) is 4.90 Å². The number of carbonyl (C=O) groups is 2. The van der Waals surface area contributed by atoms with Gasteiger partial charge in [-0.05, 0) is 25.7 Å². The number of nitrogens with two attached hydrogens (primary N) is 2. The van der Waals surface area contributed by atoms with Crippen molar-refractivity contribution >= 4 is 11.8 Å². The van der Waals surface area contributed by atoms with Crippen LogP contribution in [0.4, 0.5) is 0 Å². The third-order valence-electron chi connectivity index (χ3n) is 3.06. The second-order valence-electron chi connectivity index (χ2n) is 4.33. The van der Waals surface area contributed by atoms with Gasteiger partial charge in [0, 0.05) is 20.3 Å². The van der Waals surface area contributed by atoms with Crippen LogP contribution in [-0.2, 0) is 14.3 Å². The number of methoxy groups -OCH3 is 1. The van der Waals surface area contributed by atoms with Crippen LogP contribution in [0.25, 0.3) is 0 Å². The van der Waals surface area contributed by atoms with Crippen LogP contribution in [0.2, 0.25) is 0 Å². The molecule has 0 aliphatic carbocycles. The van der Waals surface area contributed by atoms with Crippen molar-refractivity contribution in [2.75, 3.05) is 20.3 Å². The van der Waals surface area contributed by atoms with Gasteiger partial charge in [-0.3, -0.25) is 9.59 Å². The second-order valence-corrected chi connectivity index (χ2v) is 4.33. The summed E-state index contributed by atoms with van der Waals surface area (Å²) < 4.78 is 4.88. The molecule has 1 aliphatic heterocycles. The first kappa shape index (κ1) is 13.9. The molecule has 0 radical (unpaired) electrons. The maximum Gasteiger partial charge on any atom is 0.240 e. The van der Waals surface area contributed by atoms with Gasteiger partial charge < -0.3 is 21.1 Å². The largest absolute Gasteiger partial charge is 0.385 e. The van der Waals surface area contributed by atoms with Gasteiger partial charge in [0.05, 0.1) is 6.04 Å². The normalized spacial score (nSPS) is 22.2. The van der Waals surface area contributed by atoms with E-state index in [0.717, 1.165) is 12.8 Å². The maximum atomic E-state index is 12.1. The first-order valence-corrected chi connectivity index (χ1v) is 5.92. The second kappa shape index (κ2) is 6.56. The summed E-state index contributed by atoms with van der Waals surface area (Å²) in [4.78, 5) is 24.8. The molecule has 2 atom stereocenters. The van der Waals surface area contributed by atoms with Crippen LogP contribution in [0, 0.1) is 0 Å². The molecule has 0 bridgehead atoms. The number of carbonyl (C=O) groups excluding carboxylic acids is 2. The molecule has 1 fully saturated rings. The fourth-order valence-corrected chi connectivity index (χ4v) is 2.07. The fourth-order valence-electron chi connectivity index (χ4n) is 2.07. The Labute approximate surface area is 101 Å². The number of primary amides is 1. The van der Waals surface area contributed by atoms with Crippen molar-refractivity contribution in [3.63, 3.8) is 0 Å². The SMILES string of the molecule is COCCC(N)C(=O)N1CCCCC1C(N)=O. The van der Waals surface area contributed by atoms with Gasteiger partial charge in [0.2, 0.25) is 11.8 Å². The lowest BCUT2D eigenvalue weighted by Crippen LogP contribution is -2.55. The molecular weight excluding hydrogens is 222 g/mol. The zero-order valence-corrected chi connectivity index (χ0v) is 10.2. The van der Waals surface area contributed by atoms with Gasteiger partial charge in [-0.25, -0.2) is 0 Å². The number of piperidine rings is 1. The number of hydrogen-bond donors (Lipinski definition) is 2. The van der Waals surface area contributed by atoms with Gasteiger partial charge in [0.15, 0.2) is 0 Å². The van der Waals surface area contributed by atoms with Gasteiger partial charge >= 0.3 is 0 Å². The molecule has 1 saturated heterocycles. The summed E-state index contributed by atoms with van der Waals surface area (Å²) in [5.74, 6) is -0.650. The Morgan fingerprint density at radius 1 is 1.47 bits per heavy atom. The highest BCUT2D eigenvalue weighted by Crippen LogP contribution is 2.17. The van der Waals surface area contributed by atoms with Crippen molar-refractivity contribution in [3.05, 3.63) is 0 Å². The van der Waals surface area contributed by atoms with Crippen LogP contribution in [0.5, 0.6) is 0 Å². The Morgan fingerprint density at radius 3 is 2.76 bits per heavy atom. The highest BCUT2D eigenvalue weighted by molar-refractivity contribution is 5.89. The van der Waals surface area contributed by atoms with Crippen molar-refractivity contribution in [2.24, 2.45) is 11.5 Å². The molecule has 0 spiro atoms. The fraction of sp³-hybridized carbons (Fsp3) is 0.818. The summed E-state index contributed by atoms with van der Waals surface area (Å²) >= 11 is 0. The molecule has 0 aromatic rings. The summed E-state index contributed by atoms with van der Waals surface area (Å²) in [6.07, 6.45) is 2.91.